The Kier molecular flexibility index (Phi) is 5.63. The molecule has 0 saturated heterocycles. The minimum atomic E-state index is -1.66. The van der Waals surface area contributed by atoms with Gasteiger partial charge in [0.25, 0.3) is 0 Å². The summed E-state index contributed by atoms with van der Waals surface area (Å²) < 4.78 is 10.5. The summed E-state index contributed by atoms with van der Waals surface area (Å²) in [5, 5.41) is 3.69. The first-order chi connectivity index (χ1) is 12.9. The van der Waals surface area contributed by atoms with Gasteiger partial charge in [-0.1, -0.05) is 77.1 Å². The van der Waals surface area contributed by atoms with Gasteiger partial charge in [0.15, 0.2) is 0 Å². The maximum Gasteiger partial charge on any atom is 0.514 e. The molecule has 3 aromatic rings. The number of ether oxygens (including phenoxy) is 2. The molecule has 3 rings (SSSR count). The second-order valence-electron chi connectivity index (χ2n) is 7.23. The van der Waals surface area contributed by atoms with Crippen LogP contribution in [0.3, 0.4) is 0 Å². The molecule has 0 radical (unpaired) electrons. The number of rotatable bonds is 4. The van der Waals surface area contributed by atoms with E-state index in [4.69, 9.17) is 9.47 Å². The van der Waals surface area contributed by atoms with E-state index in [1.807, 2.05) is 42.5 Å². The van der Waals surface area contributed by atoms with Crippen LogP contribution in [0.1, 0.15) is 20.8 Å². The third kappa shape index (κ3) is 5.22. The molecule has 1 atom stereocenters. The molecule has 0 spiro atoms. The predicted octanol–water partition coefficient (Wildman–Crippen LogP) is 2.85. The average Bonchev–Trinajstić information content (AvgIpc) is 2.64. The van der Waals surface area contributed by atoms with E-state index in [2.05, 4.69) is 42.5 Å². The molecule has 0 heterocycles. The van der Waals surface area contributed by atoms with Crippen molar-refractivity contribution in [2.75, 3.05) is 0 Å². The normalized spacial score (nSPS) is 11.0. The lowest BCUT2D eigenvalue weighted by molar-refractivity contribution is 0.0206. The van der Waals surface area contributed by atoms with Crippen LogP contribution in [0.15, 0.2) is 72.8 Å². The van der Waals surface area contributed by atoms with Gasteiger partial charge in [-0.05, 0) is 44.2 Å². The van der Waals surface area contributed by atoms with Gasteiger partial charge in [0.2, 0.25) is 0 Å². The molecule has 4 heteroatoms. The summed E-state index contributed by atoms with van der Waals surface area (Å²) in [6.45, 7) is 5.42. The lowest BCUT2D eigenvalue weighted by Crippen LogP contribution is -2.51. The lowest BCUT2D eigenvalue weighted by Gasteiger charge is -2.19. The summed E-state index contributed by atoms with van der Waals surface area (Å²) in [5.41, 5.74) is -0.581. The van der Waals surface area contributed by atoms with Crippen molar-refractivity contribution >= 4 is 30.5 Å². The van der Waals surface area contributed by atoms with E-state index < -0.39 is 20.6 Å². The van der Waals surface area contributed by atoms with E-state index in [1.165, 1.54) is 15.6 Å². The number of carbonyl (C=O) groups is 1. The number of carbonyl (C=O) groups excluding carboxylic acids is 1. The summed E-state index contributed by atoms with van der Waals surface area (Å²) >= 11 is 0. The number of benzene rings is 2. The highest BCUT2D eigenvalue weighted by Gasteiger charge is 2.20. The van der Waals surface area contributed by atoms with Crippen LogP contribution in [0.25, 0.3) is 0 Å². The SMILES string of the molecule is CC(C)(C)OC(=O)Oc1ccc([Si@@H](c2c#cccc2)c2ccccc2)cc1. The smallest absolute Gasteiger partial charge is 0.428 e. The Labute approximate surface area is 162 Å². The maximum absolute atomic E-state index is 11.8. The molecule has 0 unspecified atom stereocenters. The molecule has 0 amide bonds. The Morgan fingerprint density at radius 2 is 1.56 bits per heavy atom. The van der Waals surface area contributed by atoms with E-state index >= 15 is 0 Å². The van der Waals surface area contributed by atoms with E-state index in [0.29, 0.717) is 5.75 Å². The van der Waals surface area contributed by atoms with E-state index in [9.17, 15) is 4.79 Å². The Bertz CT molecular complexity index is 830. The highest BCUT2D eigenvalue weighted by Crippen LogP contribution is 2.13. The highest BCUT2D eigenvalue weighted by molar-refractivity contribution is 6.95. The van der Waals surface area contributed by atoms with Crippen LogP contribution in [0.5, 0.6) is 5.75 Å². The minimum absolute atomic E-state index is 0.470. The largest absolute Gasteiger partial charge is 0.514 e. The molecule has 0 fully saturated rings. The number of hydrogen-bond acceptors (Lipinski definition) is 3. The molecule has 0 saturated carbocycles. The fourth-order valence-electron chi connectivity index (χ4n) is 2.83. The highest BCUT2D eigenvalue weighted by atomic mass is 28.3. The average molecular weight is 375 g/mol. The zero-order chi connectivity index (χ0) is 19.3. The molecule has 0 N–H and O–H groups in total. The zero-order valence-corrected chi connectivity index (χ0v) is 16.9. The van der Waals surface area contributed by atoms with Gasteiger partial charge < -0.3 is 9.47 Å². The first-order valence-corrected chi connectivity index (χ1v) is 10.6. The maximum atomic E-state index is 11.8. The predicted molar refractivity (Wildman–Crippen MR) is 110 cm³/mol. The fraction of sp³-hybridized carbons (Fsp3) is 0.174. The van der Waals surface area contributed by atoms with Gasteiger partial charge in [0.05, 0.1) is 0 Å². The molecule has 0 aromatic heterocycles. The lowest BCUT2D eigenvalue weighted by atomic mass is 10.2. The molecule has 0 aliphatic rings. The summed E-state index contributed by atoms with van der Waals surface area (Å²) in [6.07, 6.45) is -0.696. The van der Waals surface area contributed by atoms with E-state index in [-0.39, 0.29) is 0 Å². The van der Waals surface area contributed by atoms with Crippen molar-refractivity contribution in [2.24, 2.45) is 0 Å². The molecule has 3 aromatic carbocycles. The van der Waals surface area contributed by atoms with Crippen molar-refractivity contribution in [3.63, 3.8) is 0 Å². The van der Waals surface area contributed by atoms with Gasteiger partial charge in [0, 0.05) is 0 Å². The third-order valence-electron chi connectivity index (χ3n) is 3.92. The van der Waals surface area contributed by atoms with E-state index in [1.54, 1.807) is 20.8 Å². The van der Waals surface area contributed by atoms with Crippen LogP contribution in [0, 0.1) is 12.1 Å². The fourth-order valence-corrected chi connectivity index (χ4v) is 5.65. The van der Waals surface area contributed by atoms with Gasteiger partial charge in [-0.25, -0.2) is 4.79 Å². The zero-order valence-electron chi connectivity index (χ0n) is 15.7. The Balaban J connectivity index is 1.85. The van der Waals surface area contributed by atoms with Crippen molar-refractivity contribution in [1.29, 1.82) is 0 Å². The monoisotopic (exact) mass is 374 g/mol. The van der Waals surface area contributed by atoms with E-state index in [0.717, 1.165) is 0 Å². The molecular weight excluding hydrogens is 352 g/mol. The third-order valence-corrected chi connectivity index (χ3v) is 6.98. The van der Waals surface area contributed by atoms with Crippen molar-refractivity contribution in [3.05, 3.63) is 84.9 Å². The molecule has 136 valence electrons. The van der Waals surface area contributed by atoms with Gasteiger partial charge >= 0.3 is 6.16 Å². The molecule has 0 bridgehead atoms. The first-order valence-electron chi connectivity index (χ1n) is 8.86. The van der Waals surface area contributed by atoms with Crippen molar-refractivity contribution < 1.29 is 14.3 Å². The van der Waals surface area contributed by atoms with Gasteiger partial charge in [-0.15, -0.1) is 0 Å². The standard InChI is InChI=1S/C23H22O3Si/c1-23(2,3)26-22(24)25-18-14-16-21(17-15-18)27(19-10-6-4-7-11-19)20-12-8-5-9-13-20/h4-8,10-12,14-17,27H,1-3H3/t27-/m1/s1. The van der Waals surface area contributed by atoms with Crippen LogP contribution in [0.4, 0.5) is 4.79 Å². The van der Waals surface area contributed by atoms with Crippen LogP contribution in [0.2, 0.25) is 0 Å². The molecule has 27 heavy (non-hydrogen) atoms. The Hall–Kier alpha value is -3.03. The summed E-state index contributed by atoms with van der Waals surface area (Å²) in [5.74, 6) is 0.470. The Morgan fingerprint density at radius 3 is 2.15 bits per heavy atom. The summed E-state index contributed by atoms with van der Waals surface area (Å²) in [7, 11) is -1.66. The minimum Gasteiger partial charge on any atom is -0.428 e. The molecule has 3 nitrogen and oxygen atoms in total. The first kappa shape index (κ1) is 18.7. The van der Waals surface area contributed by atoms with Gasteiger partial charge in [-0.2, -0.15) is 0 Å². The van der Waals surface area contributed by atoms with Crippen LogP contribution < -0.4 is 20.3 Å². The summed E-state index contributed by atoms with van der Waals surface area (Å²) in [4.78, 5) is 11.8. The second-order valence-corrected chi connectivity index (χ2v) is 10.1. The van der Waals surface area contributed by atoms with Gasteiger partial charge in [-0.3, -0.25) is 0 Å². The van der Waals surface area contributed by atoms with Crippen molar-refractivity contribution in [2.45, 2.75) is 26.4 Å². The second kappa shape index (κ2) is 8.11. The molecule has 0 aliphatic heterocycles. The van der Waals surface area contributed by atoms with Gasteiger partial charge in [0.1, 0.15) is 20.1 Å². The van der Waals surface area contributed by atoms with Crippen molar-refractivity contribution in [1.82, 2.24) is 0 Å². The van der Waals surface area contributed by atoms with Crippen molar-refractivity contribution in [3.8, 4) is 5.75 Å². The number of hydrogen-bond donors (Lipinski definition) is 0. The quantitative estimate of drug-likeness (QED) is 0.400. The summed E-state index contributed by atoms with van der Waals surface area (Å²) in [6, 6.07) is 30.4. The van der Waals surface area contributed by atoms with Crippen LogP contribution in [-0.2, 0) is 4.74 Å². The Morgan fingerprint density at radius 1 is 0.889 bits per heavy atom. The molecule has 0 aliphatic carbocycles. The molecular formula is C23H22O3Si. The van der Waals surface area contributed by atoms with Crippen LogP contribution >= 0.6 is 0 Å². The van der Waals surface area contributed by atoms with Crippen LogP contribution in [-0.4, -0.2) is 20.6 Å². The topological polar surface area (TPSA) is 35.5 Å².